The van der Waals surface area contributed by atoms with Crippen LogP contribution in [0.15, 0.2) is 33.6 Å². The van der Waals surface area contributed by atoms with Crippen molar-refractivity contribution in [3.63, 3.8) is 0 Å². The molecule has 0 fully saturated rings. The fourth-order valence-electron chi connectivity index (χ4n) is 1.78. The maximum absolute atomic E-state index is 12.1. The number of aliphatic hydroxyl groups is 1. The third-order valence-electron chi connectivity index (χ3n) is 3.16. The zero-order chi connectivity index (χ0) is 15.6. The highest BCUT2D eigenvalue weighted by atomic mass is 32.2. The van der Waals surface area contributed by atoms with Crippen LogP contribution < -0.4 is 4.72 Å². The summed E-state index contributed by atoms with van der Waals surface area (Å²) < 4.78 is 32.0. The van der Waals surface area contributed by atoms with Crippen LogP contribution in [0.3, 0.4) is 0 Å². The first-order chi connectivity index (χ1) is 9.79. The molecule has 0 bridgehead atoms. The van der Waals surface area contributed by atoms with Gasteiger partial charge in [0.1, 0.15) is 5.76 Å². The quantitative estimate of drug-likeness (QED) is 0.879. The van der Waals surface area contributed by atoms with Crippen molar-refractivity contribution in [1.29, 1.82) is 0 Å². The van der Waals surface area contributed by atoms with E-state index in [4.69, 9.17) is 4.42 Å². The molecule has 0 aliphatic heterocycles. The Morgan fingerprint density at radius 1 is 1.29 bits per heavy atom. The van der Waals surface area contributed by atoms with Gasteiger partial charge in [-0.2, -0.15) is 0 Å². The summed E-state index contributed by atoms with van der Waals surface area (Å²) in [4.78, 5) is 4.25. The van der Waals surface area contributed by atoms with E-state index in [1.807, 2.05) is 0 Å². The van der Waals surface area contributed by atoms with Gasteiger partial charge in [-0.15, -0.1) is 0 Å². The van der Waals surface area contributed by atoms with Crippen LogP contribution in [-0.4, -0.2) is 18.5 Å². The predicted molar refractivity (Wildman–Crippen MR) is 77.1 cm³/mol. The molecule has 0 amide bonds. The number of oxazole rings is 1. The molecular formula is C14H18N2O4S. The van der Waals surface area contributed by atoms with Gasteiger partial charge >= 0.3 is 0 Å². The normalized spacial score (nSPS) is 13.3. The molecule has 6 nitrogen and oxygen atoms in total. The van der Waals surface area contributed by atoms with Crippen LogP contribution in [0, 0.1) is 13.8 Å². The van der Waals surface area contributed by atoms with E-state index in [1.165, 1.54) is 12.1 Å². The Morgan fingerprint density at radius 3 is 2.38 bits per heavy atom. The number of aromatic nitrogens is 1. The SMILES string of the molecule is Cc1nc(CNS(=O)(=O)c2ccc(C(C)O)cc2)oc1C. The molecule has 0 spiro atoms. The minimum Gasteiger partial charge on any atom is -0.444 e. The second kappa shape index (κ2) is 5.97. The van der Waals surface area contributed by atoms with Crippen molar-refractivity contribution in [3.05, 3.63) is 47.2 Å². The third kappa shape index (κ3) is 3.69. The number of rotatable bonds is 5. The second-order valence-corrected chi connectivity index (χ2v) is 6.59. The average molecular weight is 310 g/mol. The molecule has 1 atom stereocenters. The molecular weight excluding hydrogens is 292 g/mol. The number of hydrogen-bond donors (Lipinski definition) is 2. The smallest absolute Gasteiger partial charge is 0.241 e. The van der Waals surface area contributed by atoms with Gasteiger partial charge < -0.3 is 9.52 Å². The van der Waals surface area contributed by atoms with Crippen molar-refractivity contribution in [1.82, 2.24) is 9.71 Å². The largest absolute Gasteiger partial charge is 0.444 e. The lowest BCUT2D eigenvalue weighted by Gasteiger charge is -2.07. The van der Waals surface area contributed by atoms with Crippen molar-refractivity contribution in [2.75, 3.05) is 0 Å². The van der Waals surface area contributed by atoms with Crippen LogP contribution in [-0.2, 0) is 16.6 Å². The van der Waals surface area contributed by atoms with Gasteiger partial charge in [-0.1, -0.05) is 12.1 Å². The lowest BCUT2D eigenvalue weighted by atomic mass is 10.1. The minimum absolute atomic E-state index is 0.00479. The molecule has 0 saturated heterocycles. The molecule has 0 aliphatic rings. The monoisotopic (exact) mass is 310 g/mol. The Balaban J connectivity index is 2.11. The van der Waals surface area contributed by atoms with Crippen molar-refractivity contribution >= 4 is 10.0 Å². The van der Waals surface area contributed by atoms with Gasteiger partial charge in [0.15, 0.2) is 0 Å². The highest BCUT2D eigenvalue weighted by Gasteiger charge is 2.16. The predicted octanol–water partition coefficient (Wildman–Crippen LogP) is 1.82. The van der Waals surface area contributed by atoms with Crippen molar-refractivity contribution in [3.8, 4) is 0 Å². The standard InChI is InChI=1S/C14H18N2O4S/c1-9-11(3)20-14(16-9)8-15-21(18,19)13-6-4-12(5-7-13)10(2)17/h4-7,10,15,17H,8H2,1-3H3. The number of nitrogens with zero attached hydrogens (tertiary/aromatic N) is 1. The van der Waals surface area contributed by atoms with Crippen molar-refractivity contribution in [2.24, 2.45) is 0 Å². The zero-order valence-corrected chi connectivity index (χ0v) is 12.9. The Bertz CT molecular complexity index is 698. The van der Waals surface area contributed by atoms with Crippen LogP contribution in [0.5, 0.6) is 0 Å². The molecule has 1 aromatic carbocycles. The Labute approximate surface area is 123 Å². The van der Waals surface area contributed by atoms with Gasteiger partial charge in [0, 0.05) is 0 Å². The van der Waals surface area contributed by atoms with E-state index in [-0.39, 0.29) is 11.4 Å². The summed E-state index contributed by atoms with van der Waals surface area (Å²) in [5.74, 6) is 1.000. The lowest BCUT2D eigenvalue weighted by Crippen LogP contribution is -2.23. The van der Waals surface area contributed by atoms with Crippen LogP contribution >= 0.6 is 0 Å². The fourth-order valence-corrected chi connectivity index (χ4v) is 2.75. The van der Waals surface area contributed by atoms with E-state index in [2.05, 4.69) is 9.71 Å². The molecule has 0 radical (unpaired) electrons. The molecule has 21 heavy (non-hydrogen) atoms. The zero-order valence-electron chi connectivity index (χ0n) is 12.1. The second-order valence-electron chi connectivity index (χ2n) is 4.82. The first kappa shape index (κ1) is 15.7. The first-order valence-electron chi connectivity index (χ1n) is 6.50. The summed E-state index contributed by atoms with van der Waals surface area (Å²) in [5, 5.41) is 9.41. The van der Waals surface area contributed by atoms with Gasteiger partial charge in [-0.3, -0.25) is 0 Å². The summed E-state index contributed by atoms with van der Waals surface area (Å²) in [5.41, 5.74) is 1.40. The van der Waals surface area contributed by atoms with Crippen LogP contribution in [0.2, 0.25) is 0 Å². The van der Waals surface area contributed by atoms with E-state index < -0.39 is 16.1 Å². The Kier molecular flexibility index (Phi) is 4.46. The number of aliphatic hydroxyl groups excluding tert-OH is 1. The highest BCUT2D eigenvalue weighted by Crippen LogP contribution is 2.16. The summed E-state index contributed by atoms with van der Waals surface area (Å²) in [7, 11) is -3.64. The molecule has 0 saturated carbocycles. The third-order valence-corrected chi connectivity index (χ3v) is 4.58. The average Bonchev–Trinajstić information content (AvgIpc) is 2.76. The van der Waals surface area contributed by atoms with E-state index in [0.29, 0.717) is 17.2 Å². The van der Waals surface area contributed by atoms with E-state index in [1.54, 1.807) is 32.9 Å². The summed E-state index contributed by atoms with van der Waals surface area (Å²) in [6.45, 7) is 5.19. The summed E-state index contributed by atoms with van der Waals surface area (Å²) in [6.07, 6.45) is -0.631. The minimum atomic E-state index is -3.64. The van der Waals surface area contributed by atoms with Gasteiger partial charge in [0.05, 0.1) is 23.2 Å². The number of hydrogen-bond acceptors (Lipinski definition) is 5. The topological polar surface area (TPSA) is 92.4 Å². The van der Waals surface area contributed by atoms with Crippen molar-refractivity contribution in [2.45, 2.75) is 38.3 Å². The van der Waals surface area contributed by atoms with E-state index in [0.717, 1.165) is 5.69 Å². The number of benzene rings is 1. The van der Waals surface area contributed by atoms with Crippen LogP contribution in [0.1, 0.15) is 35.9 Å². The molecule has 2 N–H and O–H groups in total. The lowest BCUT2D eigenvalue weighted by molar-refractivity contribution is 0.199. The molecule has 1 unspecified atom stereocenters. The number of nitrogens with one attached hydrogen (secondary N) is 1. The summed E-state index contributed by atoms with van der Waals surface area (Å²) >= 11 is 0. The molecule has 7 heteroatoms. The Morgan fingerprint density at radius 2 is 1.90 bits per heavy atom. The molecule has 2 rings (SSSR count). The molecule has 114 valence electrons. The van der Waals surface area contributed by atoms with E-state index >= 15 is 0 Å². The first-order valence-corrected chi connectivity index (χ1v) is 7.98. The van der Waals surface area contributed by atoms with Gasteiger partial charge in [0.25, 0.3) is 0 Å². The summed E-state index contributed by atoms with van der Waals surface area (Å²) in [6, 6.07) is 6.07. The maximum Gasteiger partial charge on any atom is 0.241 e. The van der Waals surface area contributed by atoms with Crippen molar-refractivity contribution < 1.29 is 17.9 Å². The van der Waals surface area contributed by atoms with Crippen LogP contribution in [0.25, 0.3) is 0 Å². The highest BCUT2D eigenvalue weighted by molar-refractivity contribution is 7.89. The Hall–Kier alpha value is -1.70. The fraction of sp³-hybridized carbons (Fsp3) is 0.357. The van der Waals surface area contributed by atoms with Crippen LogP contribution in [0.4, 0.5) is 0 Å². The molecule has 2 aromatic rings. The van der Waals surface area contributed by atoms with Gasteiger partial charge in [-0.05, 0) is 38.5 Å². The van der Waals surface area contributed by atoms with Gasteiger partial charge in [-0.25, -0.2) is 18.1 Å². The number of sulfonamides is 1. The number of aryl methyl sites for hydroxylation is 2. The maximum atomic E-state index is 12.1. The molecule has 0 aliphatic carbocycles. The molecule has 1 heterocycles. The van der Waals surface area contributed by atoms with Gasteiger partial charge in [0.2, 0.25) is 15.9 Å². The van der Waals surface area contributed by atoms with E-state index in [9.17, 15) is 13.5 Å². The molecule has 1 aromatic heterocycles.